The zero-order valence-electron chi connectivity index (χ0n) is 16.6. The highest BCUT2D eigenvalue weighted by molar-refractivity contribution is 5.85. The smallest absolute Gasteiger partial charge is 0.332 e. The van der Waals surface area contributed by atoms with Crippen LogP contribution < -0.4 is 21.4 Å². The van der Waals surface area contributed by atoms with E-state index >= 15 is 0 Å². The third kappa shape index (κ3) is 3.85. The molecule has 0 unspecified atom stereocenters. The third-order valence-corrected chi connectivity index (χ3v) is 4.42. The number of phenols is 1. The molecule has 0 saturated carbocycles. The Hall–Kier alpha value is -4.49. The van der Waals surface area contributed by atoms with Crippen molar-refractivity contribution in [2.24, 2.45) is 19.2 Å². The summed E-state index contributed by atoms with van der Waals surface area (Å²) in [6.07, 6.45) is 2.38. The van der Waals surface area contributed by atoms with Crippen molar-refractivity contribution in [2.75, 3.05) is 7.11 Å². The number of nitro benzene ring substituents is 1. The Morgan fingerprint density at radius 1 is 1.35 bits per heavy atom. The average Bonchev–Trinajstić information content (AvgIpc) is 3.14. The predicted molar refractivity (Wildman–Crippen MR) is 107 cm³/mol. The molecular formula is C17H17N7O7. The van der Waals surface area contributed by atoms with Gasteiger partial charge < -0.3 is 14.4 Å². The van der Waals surface area contributed by atoms with Crippen molar-refractivity contribution in [3.8, 4) is 11.5 Å². The number of nitrogens with one attached hydrogen (secondary N) is 1. The molecule has 0 radical (unpaired) electrons. The molecule has 1 amide bonds. The Morgan fingerprint density at radius 2 is 2.06 bits per heavy atom. The second kappa shape index (κ2) is 8.10. The van der Waals surface area contributed by atoms with Gasteiger partial charge in [0, 0.05) is 25.7 Å². The molecule has 0 aliphatic carbocycles. The summed E-state index contributed by atoms with van der Waals surface area (Å²) in [6.45, 7) is -0.298. The van der Waals surface area contributed by atoms with Crippen molar-refractivity contribution in [3.63, 3.8) is 0 Å². The van der Waals surface area contributed by atoms with E-state index in [4.69, 9.17) is 4.74 Å². The van der Waals surface area contributed by atoms with E-state index in [1.165, 1.54) is 42.7 Å². The summed E-state index contributed by atoms with van der Waals surface area (Å²) < 4.78 is 8.31. The molecule has 3 rings (SSSR count). The number of rotatable bonds is 6. The van der Waals surface area contributed by atoms with Crippen molar-refractivity contribution in [3.05, 3.63) is 55.0 Å². The van der Waals surface area contributed by atoms with Gasteiger partial charge in [0.15, 0.2) is 11.3 Å². The van der Waals surface area contributed by atoms with Crippen LogP contribution in [0.2, 0.25) is 0 Å². The highest BCUT2D eigenvalue weighted by Crippen LogP contribution is 2.36. The lowest BCUT2D eigenvalue weighted by molar-refractivity contribution is -0.386. The first kappa shape index (κ1) is 21.2. The molecule has 2 heterocycles. The number of fused-ring (bicyclic) bond motifs is 1. The number of imidazole rings is 1. The normalized spacial score (nSPS) is 11.2. The van der Waals surface area contributed by atoms with Gasteiger partial charge >= 0.3 is 11.4 Å². The molecule has 0 aliphatic rings. The number of amides is 1. The molecule has 0 spiro atoms. The molecular weight excluding hydrogens is 414 g/mol. The van der Waals surface area contributed by atoms with Crippen LogP contribution in [0.1, 0.15) is 5.56 Å². The van der Waals surface area contributed by atoms with E-state index in [1.807, 2.05) is 0 Å². The number of methoxy groups -OCH3 is 1. The number of nitrogens with zero attached hydrogens (tertiary/aromatic N) is 6. The number of phenolic OH excluding ortho intramolecular Hbond substituents is 1. The zero-order valence-corrected chi connectivity index (χ0v) is 16.6. The second-order valence-corrected chi connectivity index (χ2v) is 6.39. The summed E-state index contributed by atoms with van der Waals surface area (Å²) in [4.78, 5) is 50.7. The van der Waals surface area contributed by atoms with Crippen LogP contribution >= 0.6 is 0 Å². The van der Waals surface area contributed by atoms with Gasteiger partial charge in [-0.3, -0.25) is 28.8 Å². The minimum atomic E-state index is -0.785. The van der Waals surface area contributed by atoms with Crippen LogP contribution in [-0.4, -0.2) is 47.9 Å². The largest absolute Gasteiger partial charge is 0.500 e. The van der Waals surface area contributed by atoms with Gasteiger partial charge in [-0.1, -0.05) is 0 Å². The number of carbonyl (C=O) groups is 1. The topological polar surface area (TPSA) is 176 Å². The maximum absolute atomic E-state index is 12.2. The fourth-order valence-corrected chi connectivity index (χ4v) is 2.91. The number of aromatic hydroxyl groups is 1. The Labute approximate surface area is 172 Å². The van der Waals surface area contributed by atoms with Gasteiger partial charge in [-0.15, -0.1) is 0 Å². The summed E-state index contributed by atoms with van der Waals surface area (Å²) in [6, 6.07) is 2.36. The van der Waals surface area contributed by atoms with Crippen LogP contribution in [0.3, 0.4) is 0 Å². The lowest BCUT2D eigenvalue weighted by Crippen LogP contribution is -2.37. The summed E-state index contributed by atoms with van der Waals surface area (Å²) in [7, 11) is 4.01. The first-order valence-electron chi connectivity index (χ1n) is 8.63. The highest BCUT2D eigenvalue weighted by atomic mass is 16.6. The number of aryl methyl sites for hydroxylation is 1. The van der Waals surface area contributed by atoms with E-state index in [2.05, 4.69) is 15.5 Å². The second-order valence-electron chi connectivity index (χ2n) is 6.39. The number of hydrogen-bond acceptors (Lipinski definition) is 9. The Morgan fingerprint density at radius 3 is 2.71 bits per heavy atom. The van der Waals surface area contributed by atoms with Crippen LogP contribution in [-0.2, 0) is 25.4 Å². The van der Waals surface area contributed by atoms with Crippen molar-refractivity contribution in [1.82, 2.24) is 24.1 Å². The van der Waals surface area contributed by atoms with Gasteiger partial charge in [-0.05, 0) is 6.07 Å². The number of aromatic nitrogens is 4. The fraction of sp³-hybridized carbons (Fsp3) is 0.235. The molecule has 1 aromatic carbocycles. The molecule has 31 heavy (non-hydrogen) atoms. The maximum Gasteiger partial charge on any atom is 0.332 e. The van der Waals surface area contributed by atoms with Crippen LogP contribution in [0.25, 0.3) is 11.2 Å². The molecule has 162 valence electrons. The van der Waals surface area contributed by atoms with Crippen LogP contribution in [0, 0.1) is 10.1 Å². The summed E-state index contributed by atoms with van der Waals surface area (Å²) in [5.41, 5.74) is 0.894. The number of carbonyl (C=O) groups excluding carboxylic acids is 1. The minimum Gasteiger partial charge on any atom is -0.500 e. The third-order valence-electron chi connectivity index (χ3n) is 4.42. The molecule has 0 atom stereocenters. The van der Waals surface area contributed by atoms with Crippen molar-refractivity contribution in [1.29, 1.82) is 0 Å². The van der Waals surface area contributed by atoms with Gasteiger partial charge in [0.1, 0.15) is 12.2 Å². The first-order chi connectivity index (χ1) is 14.6. The monoisotopic (exact) mass is 431 g/mol. The Kier molecular flexibility index (Phi) is 5.54. The minimum absolute atomic E-state index is 0.0319. The molecule has 14 nitrogen and oxygen atoms in total. The van der Waals surface area contributed by atoms with Crippen molar-refractivity contribution in [2.45, 2.75) is 6.54 Å². The molecule has 0 aliphatic heterocycles. The predicted octanol–water partition coefficient (Wildman–Crippen LogP) is -0.794. The molecule has 0 saturated heterocycles. The standard InChI is InChI=1S/C17H17N7O7/c1-21-15-13(16(27)22(2)17(21)28)18-8-23(15)7-12(25)20-19-6-9-4-10(24(29)30)14(26)11(5-9)31-3/h4-6,8,26H,7H2,1-3H3,(H,20,25)/b19-6-. The zero-order chi connectivity index (χ0) is 22.9. The Bertz CT molecular complexity index is 1350. The van der Waals surface area contributed by atoms with Crippen LogP contribution in [0.5, 0.6) is 11.5 Å². The van der Waals surface area contributed by atoms with Gasteiger partial charge in [-0.25, -0.2) is 15.2 Å². The van der Waals surface area contributed by atoms with E-state index in [0.29, 0.717) is 0 Å². The van der Waals surface area contributed by atoms with Crippen LogP contribution in [0.15, 0.2) is 33.2 Å². The summed E-state index contributed by atoms with van der Waals surface area (Å²) >= 11 is 0. The van der Waals surface area contributed by atoms with E-state index in [1.54, 1.807) is 0 Å². The highest BCUT2D eigenvalue weighted by Gasteiger charge is 2.19. The number of benzene rings is 1. The quantitative estimate of drug-likeness (QED) is 0.290. The number of ether oxygens (including phenoxy) is 1. The molecule has 0 bridgehead atoms. The molecule has 14 heteroatoms. The summed E-state index contributed by atoms with van der Waals surface area (Å²) in [5, 5.41) is 24.5. The van der Waals surface area contributed by atoms with Crippen molar-refractivity contribution >= 4 is 29.0 Å². The van der Waals surface area contributed by atoms with E-state index in [0.717, 1.165) is 16.8 Å². The SMILES string of the molecule is COc1cc(/C=N\NC(=O)Cn2cnc3c(=O)n(C)c(=O)n(C)c32)cc([N+](=O)[O-])c1O. The lowest BCUT2D eigenvalue weighted by atomic mass is 10.2. The van der Waals surface area contributed by atoms with Gasteiger partial charge in [0.25, 0.3) is 11.5 Å². The van der Waals surface area contributed by atoms with Gasteiger partial charge in [0.05, 0.1) is 24.6 Å². The number of hydrogen-bond donors (Lipinski definition) is 2. The van der Waals surface area contributed by atoms with Crippen LogP contribution in [0.4, 0.5) is 5.69 Å². The van der Waals surface area contributed by atoms with E-state index < -0.39 is 33.5 Å². The Balaban J connectivity index is 1.81. The van der Waals surface area contributed by atoms with Gasteiger partial charge in [0.2, 0.25) is 5.75 Å². The average molecular weight is 431 g/mol. The fourth-order valence-electron chi connectivity index (χ4n) is 2.91. The lowest BCUT2D eigenvalue weighted by Gasteiger charge is -2.08. The number of hydrazone groups is 1. The van der Waals surface area contributed by atoms with Crippen molar-refractivity contribution < 1.29 is 19.6 Å². The maximum atomic E-state index is 12.2. The summed E-state index contributed by atoms with van der Waals surface area (Å²) in [5.74, 6) is -1.37. The molecule has 3 aromatic rings. The molecule has 2 aromatic heterocycles. The van der Waals surface area contributed by atoms with E-state index in [9.17, 15) is 29.6 Å². The first-order valence-corrected chi connectivity index (χ1v) is 8.63. The van der Waals surface area contributed by atoms with E-state index in [-0.39, 0.29) is 29.0 Å². The molecule has 2 N–H and O–H groups in total. The molecule has 0 fully saturated rings. The van der Waals surface area contributed by atoms with Gasteiger partial charge in [-0.2, -0.15) is 5.10 Å². The number of nitro groups is 1.